The maximum absolute atomic E-state index is 15.2. The number of benzene rings is 4. The SMILES string of the molecule is CCCC=CC1CCC(c2ccc(-c3ccc(-c4cc(F)c(C(F)(F)Oc5cc(F)c(F)c(F)c5)c(F)c4)c(F)c3)c(F)c2)CC1. The van der Waals surface area contributed by atoms with Gasteiger partial charge in [0, 0.05) is 23.3 Å². The summed E-state index contributed by atoms with van der Waals surface area (Å²) in [7, 11) is 0. The van der Waals surface area contributed by atoms with Crippen molar-refractivity contribution in [1.82, 2.24) is 0 Å². The quantitative estimate of drug-likeness (QED) is 0.0997. The summed E-state index contributed by atoms with van der Waals surface area (Å²) in [6.07, 6.45) is 5.73. The number of unbranched alkanes of at least 4 members (excludes halogenated alkanes) is 1. The summed E-state index contributed by atoms with van der Waals surface area (Å²) in [5.41, 5.74) is -1.59. The van der Waals surface area contributed by atoms with Gasteiger partial charge in [-0.15, -0.1) is 0 Å². The van der Waals surface area contributed by atoms with Gasteiger partial charge in [-0.3, -0.25) is 0 Å². The Bertz CT molecular complexity index is 1710. The zero-order chi connectivity index (χ0) is 33.2. The number of hydrogen-bond donors (Lipinski definition) is 0. The zero-order valence-electron chi connectivity index (χ0n) is 24.6. The van der Waals surface area contributed by atoms with Crippen molar-refractivity contribution in [2.45, 2.75) is 57.5 Å². The summed E-state index contributed by atoms with van der Waals surface area (Å²) in [5.74, 6) is -11.4. The fourth-order valence-corrected chi connectivity index (χ4v) is 5.83. The van der Waals surface area contributed by atoms with Crippen LogP contribution in [0.3, 0.4) is 0 Å². The summed E-state index contributed by atoms with van der Waals surface area (Å²) in [6, 6.07) is 9.29. The predicted octanol–water partition coefficient (Wildman–Crippen LogP) is 11.8. The second-order valence-corrected chi connectivity index (χ2v) is 11.4. The van der Waals surface area contributed by atoms with Crippen molar-refractivity contribution in [1.29, 1.82) is 0 Å². The fourth-order valence-electron chi connectivity index (χ4n) is 5.83. The lowest BCUT2D eigenvalue weighted by atomic mass is 9.78. The van der Waals surface area contributed by atoms with Crippen LogP contribution in [-0.4, -0.2) is 0 Å². The maximum Gasteiger partial charge on any atom is 0.432 e. The number of hydrogen-bond acceptors (Lipinski definition) is 1. The van der Waals surface area contributed by atoms with E-state index in [1.54, 1.807) is 6.07 Å². The van der Waals surface area contributed by atoms with E-state index in [-0.39, 0.29) is 34.7 Å². The lowest BCUT2D eigenvalue weighted by Gasteiger charge is -2.27. The second kappa shape index (κ2) is 13.6. The van der Waals surface area contributed by atoms with E-state index >= 15 is 8.78 Å². The Morgan fingerprint density at radius 3 is 1.83 bits per heavy atom. The first kappa shape index (κ1) is 33.2. The molecule has 0 radical (unpaired) electrons. The average molecular weight is 649 g/mol. The van der Waals surface area contributed by atoms with Crippen molar-refractivity contribution in [3.05, 3.63) is 125 Å². The molecule has 1 nitrogen and oxygen atoms in total. The largest absolute Gasteiger partial charge is 0.432 e. The van der Waals surface area contributed by atoms with Crippen molar-refractivity contribution in [2.24, 2.45) is 5.92 Å². The van der Waals surface area contributed by atoms with E-state index in [2.05, 4.69) is 23.8 Å². The van der Waals surface area contributed by atoms with Crippen LogP contribution >= 0.6 is 0 Å². The molecule has 1 saturated carbocycles. The van der Waals surface area contributed by atoms with Crippen LogP contribution in [0, 0.1) is 46.6 Å². The molecule has 0 bridgehead atoms. The third-order valence-corrected chi connectivity index (χ3v) is 8.23. The lowest BCUT2D eigenvalue weighted by molar-refractivity contribution is -0.189. The van der Waals surface area contributed by atoms with Crippen LogP contribution in [-0.2, 0) is 6.11 Å². The predicted molar refractivity (Wildman–Crippen MR) is 157 cm³/mol. The van der Waals surface area contributed by atoms with E-state index in [0.29, 0.717) is 18.1 Å². The minimum absolute atomic E-state index is 0.0854. The van der Waals surface area contributed by atoms with Crippen LogP contribution in [0.1, 0.15) is 62.5 Å². The highest BCUT2D eigenvalue weighted by Gasteiger charge is 2.41. The molecule has 0 aliphatic heterocycles. The highest BCUT2D eigenvalue weighted by atomic mass is 19.3. The third kappa shape index (κ3) is 7.11. The van der Waals surface area contributed by atoms with Crippen LogP contribution in [0.2, 0.25) is 0 Å². The standard InChI is InChI=1S/C36H29F9O/c1-2-3-4-5-20-6-8-21(9-7-20)22-10-12-26(28(37)14-22)23-11-13-27(29(38)15-23)24-16-30(39)34(31(40)17-24)36(44,45)46-25-18-32(41)35(43)33(42)19-25/h4-5,10-21H,2-3,6-9H2,1H3. The zero-order valence-corrected chi connectivity index (χ0v) is 24.6. The number of allylic oxidation sites excluding steroid dienone is 2. The second-order valence-electron chi connectivity index (χ2n) is 11.4. The molecule has 4 aromatic rings. The molecule has 4 aromatic carbocycles. The smallest absolute Gasteiger partial charge is 0.429 e. The molecule has 1 fully saturated rings. The Balaban J connectivity index is 1.34. The average Bonchev–Trinajstić information content (AvgIpc) is 2.99. The van der Waals surface area contributed by atoms with Gasteiger partial charge >= 0.3 is 6.11 Å². The van der Waals surface area contributed by atoms with Gasteiger partial charge < -0.3 is 4.74 Å². The Kier molecular flexibility index (Phi) is 9.84. The van der Waals surface area contributed by atoms with Crippen molar-refractivity contribution in [2.75, 3.05) is 0 Å². The Morgan fingerprint density at radius 2 is 1.24 bits per heavy atom. The van der Waals surface area contributed by atoms with E-state index in [0.717, 1.165) is 56.2 Å². The lowest BCUT2D eigenvalue weighted by Crippen LogP contribution is -2.25. The summed E-state index contributed by atoms with van der Waals surface area (Å²) in [6.45, 7) is 2.13. The van der Waals surface area contributed by atoms with Gasteiger partial charge in [0.1, 0.15) is 34.6 Å². The minimum Gasteiger partial charge on any atom is -0.429 e. The molecule has 0 spiro atoms. The molecule has 0 unspecified atom stereocenters. The Hall–Kier alpha value is -4.21. The van der Waals surface area contributed by atoms with Crippen molar-refractivity contribution in [3.63, 3.8) is 0 Å². The summed E-state index contributed by atoms with van der Waals surface area (Å²) < 4.78 is 134. The van der Waals surface area contributed by atoms with Gasteiger partial charge in [-0.1, -0.05) is 49.8 Å². The number of alkyl halides is 2. The first-order valence-electron chi connectivity index (χ1n) is 14.8. The number of halogens is 9. The van der Waals surface area contributed by atoms with Gasteiger partial charge in [0.25, 0.3) is 0 Å². The molecule has 0 amide bonds. The Morgan fingerprint density at radius 1 is 0.674 bits per heavy atom. The van der Waals surface area contributed by atoms with Crippen LogP contribution in [0.15, 0.2) is 72.8 Å². The van der Waals surface area contributed by atoms with Gasteiger partial charge in [0.2, 0.25) is 0 Å². The summed E-state index contributed by atoms with van der Waals surface area (Å²) in [4.78, 5) is 0. The van der Waals surface area contributed by atoms with E-state index in [1.807, 2.05) is 6.07 Å². The molecule has 242 valence electrons. The first-order chi connectivity index (χ1) is 21.9. The summed E-state index contributed by atoms with van der Waals surface area (Å²) >= 11 is 0. The third-order valence-electron chi connectivity index (χ3n) is 8.23. The van der Waals surface area contributed by atoms with Gasteiger partial charge in [0.05, 0.1) is 0 Å². The molecule has 46 heavy (non-hydrogen) atoms. The monoisotopic (exact) mass is 648 g/mol. The van der Waals surface area contributed by atoms with E-state index in [9.17, 15) is 30.7 Å². The van der Waals surface area contributed by atoms with Crippen LogP contribution in [0.25, 0.3) is 22.3 Å². The van der Waals surface area contributed by atoms with Crippen LogP contribution < -0.4 is 4.74 Å². The molecular formula is C36H29F9O. The van der Waals surface area contributed by atoms with Crippen molar-refractivity contribution < 1.29 is 44.3 Å². The molecule has 0 atom stereocenters. The summed E-state index contributed by atoms with van der Waals surface area (Å²) in [5, 5.41) is 0. The first-order valence-corrected chi connectivity index (χ1v) is 14.8. The molecule has 0 heterocycles. The van der Waals surface area contributed by atoms with Crippen LogP contribution in [0.5, 0.6) is 5.75 Å². The molecule has 0 N–H and O–H groups in total. The van der Waals surface area contributed by atoms with Crippen molar-refractivity contribution >= 4 is 0 Å². The van der Waals surface area contributed by atoms with Crippen molar-refractivity contribution in [3.8, 4) is 28.0 Å². The topological polar surface area (TPSA) is 9.23 Å². The number of rotatable bonds is 9. The van der Waals surface area contributed by atoms with E-state index < -0.39 is 63.7 Å². The molecule has 10 heteroatoms. The van der Waals surface area contributed by atoms with Gasteiger partial charge in [-0.2, -0.15) is 8.78 Å². The van der Waals surface area contributed by atoms with Crippen LogP contribution in [0.4, 0.5) is 39.5 Å². The highest BCUT2D eigenvalue weighted by molar-refractivity contribution is 5.72. The maximum atomic E-state index is 15.2. The molecular weight excluding hydrogens is 619 g/mol. The number of ether oxygens (including phenoxy) is 1. The minimum atomic E-state index is -4.79. The fraction of sp³-hybridized carbons (Fsp3) is 0.278. The van der Waals surface area contributed by atoms with Gasteiger partial charge in [0.15, 0.2) is 17.5 Å². The molecule has 0 aromatic heterocycles. The molecule has 1 aliphatic carbocycles. The van der Waals surface area contributed by atoms with E-state index in [1.165, 1.54) is 12.1 Å². The molecule has 5 rings (SSSR count). The van der Waals surface area contributed by atoms with E-state index in [4.69, 9.17) is 0 Å². The normalized spacial score (nSPS) is 17.1. The molecule has 0 saturated heterocycles. The van der Waals surface area contributed by atoms with Gasteiger partial charge in [-0.05, 0) is 84.9 Å². The van der Waals surface area contributed by atoms with Gasteiger partial charge in [-0.25, -0.2) is 30.7 Å². The molecule has 1 aliphatic rings. The Labute approximate surface area is 260 Å². The highest BCUT2D eigenvalue weighted by Crippen LogP contribution is 2.40.